The third-order valence-electron chi connectivity index (χ3n) is 2.65. The van der Waals surface area contributed by atoms with Crippen LogP contribution < -0.4 is 0 Å². The molecule has 0 amide bonds. The van der Waals surface area contributed by atoms with Crippen LogP contribution in [-0.4, -0.2) is 26.8 Å². The highest BCUT2D eigenvalue weighted by Gasteiger charge is 2.17. The number of rotatable bonds is 3. The molecule has 0 unspecified atom stereocenters. The van der Waals surface area contributed by atoms with Gasteiger partial charge in [0.25, 0.3) is 0 Å². The molecule has 0 aliphatic carbocycles. The van der Waals surface area contributed by atoms with E-state index in [1.807, 2.05) is 30.3 Å². The van der Waals surface area contributed by atoms with E-state index in [1.54, 1.807) is 18.2 Å². The Labute approximate surface area is 108 Å². The van der Waals surface area contributed by atoms with Gasteiger partial charge in [-0.05, 0) is 35.4 Å². The second-order valence-electron chi connectivity index (χ2n) is 4.11. The maximum absolute atomic E-state index is 12.0. The monoisotopic (exact) mass is 260 g/mol. The topological polar surface area (TPSA) is 37.4 Å². The summed E-state index contributed by atoms with van der Waals surface area (Å²) < 4.78 is 25.3. The molecule has 0 aromatic heterocycles. The summed E-state index contributed by atoms with van der Waals surface area (Å²) in [6, 6.07) is 17.3. The van der Waals surface area contributed by atoms with Crippen LogP contribution in [0.3, 0.4) is 0 Å². The van der Waals surface area contributed by atoms with Gasteiger partial charge in [-0.2, -0.15) is 0 Å². The summed E-state index contributed by atoms with van der Waals surface area (Å²) in [5.41, 5.74) is 1.82. The predicted molar refractivity (Wildman–Crippen MR) is 71.6 cm³/mol. The van der Waals surface area contributed by atoms with Crippen LogP contribution in [0, 0.1) is 6.07 Å². The summed E-state index contributed by atoms with van der Waals surface area (Å²) in [6.07, 6.45) is 0. The van der Waals surface area contributed by atoms with Crippen molar-refractivity contribution in [2.45, 2.75) is 4.90 Å². The fourth-order valence-electron chi connectivity index (χ4n) is 1.62. The second kappa shape index (κ2) is 4.92. The first-order valence-corrected chi connectivity index (χ1v) is 6.95. The molecule has 0 spiro atoms. The van der Waals surface area contributed by atoms with Gasteiger partial charge in [-0.15, -0.1) is 0 Å². The van der Waals surface area contributed by atoms with E-state index in [2.05, 4.69) is 6.07 Å². The molecule has 0 saturated heterocycles. The Morgan fingerprint density at radius 3 is 2.39 bits per heavy atom. The zero-order valence-corrected chi connectivity index (χ0v) is 11.1. The van der Waals surface area contributed by atoms with E-state index in [1.165, 1.54) is 18.4 Å². The summed E-state index contributed by atoms with van der Waals surface area (Å²) in [7, 11) is -0.332. The Kier molecular flexibility index (Phi) is 3.50. The SMILES string of the molecule is CN(C)S(=O)(=O)c1cccc(-c2c[c]ccc2)c1. The third kappa shape index (κ3) is 2.44. The number of sulfonamides is 1. The van der Waals surface area contributed by atoms with Crippen LogP contribution in [0.4, 0.5) is 0 Å². The number of nitrogens with zero attached hydrogens (tertiary/aromatic N) is 1. The fraction of sp³-hybridized carbons (Fsp3) is 0.143. The van der Waals surface area contributed by atoms with Crippen molar-refractivity contribution in [2.75, 3.05) is 14.1 Å². The van der Waals surface area contributed by atoms with E-state index in [0.717, 1.165) is 11.1 Å². The molecule has 0 fully saturated rings. The van der Waals surface area contributed by atoms with E-state index in [4.69, 9.17) is 0 Å². The molecule has 93 valence electrons. The van der Waals surface area contributed by atoms with Gasteiger partial charge >= 0.3 is 0 Å². The van der Waals surface area contributed by atoms with E-state index in [-0.39, 0.29) is 0 Å². The molecule has 0 aliphatic rings. The number of hydrogen-bond donors (Lipinski definition) is 0. The first kappa shape index (κ1) is 12.8. The lowest BCUT2D eigenvalue weighted by molar-refractivity contribution is 0.521. The molecule has 2 aromatic rings. The molecule has 0 bridgehead atoms. The molecule has 0 saturated carbocycles. The van der Waals surface area contributed by atoms with Crippen molar-refractivity contribution in [1.29, 1.82) is 0 Å². The molecular weight excluding hydrogens is 246 g/mol. The van der Waals surface area contributed by atoms with Crippen LogP contribution in [0.1, 0.15) is 0 Å². The highest BCUT2D eigenvalue weighted by molar-refractivity contribution is 7.89. The fourth-order valence-corrected chi connectivity index (χ4v) is 2.57. The van der Waals surface area contributed by atoms with Crippen molar-refractivity contribution in [3.8, 4) is 11.1 Å². The highest BCUT2D eigenvalue weighted by atomic mass is 32.2. The lowest BCUT2D eigenvalue weighted by Gasteiger charge is -2.12. The van der Waals surface area contributed by atoms with Crippen molar-refractivity contribution < 1.29 is 8.42 Å². The van der Waals surface area contributed by atoms with E-state index in [0.29, 0.717) is 4.90 Å². The highest BCUT2D eigenvalue weighted by Crippen LogP contribution is 2.23. The molecule has 2 rings (SSSR count). The van der Waals surface area contributed by atoms with Gasteiger partial charge in [0.1, 0.15) is 0 Å². The molecule has 18 heavy (non-hydrogen) atoms. The van der Waals surface area contributed by atoms with Crippen molar-refractivity contribution in [2.24, 2.45) is 0 Å². The van der Waals surface area contributed by atoms with Crippen molar-refractivity contribution in [1.82, 2.24) is 4.31 Å². The average molecular weight is 260 g/mol. The second-order valence-corrected chi connectivity index (χ2v) is 6.26. The number of benzene rings is 2. The average Bonchev–Trinajstić information content (AvgIpc) is 2.40. The van der Waals surface area contributed by atoms with E-state index in [9.17, 15) is 8.42 Å². The standard InChI is InChI=1S/C14H14NO2S/c1-15(2)18(16,17)14-10-6-9-13(11-14)12-7-4-3-5-8-12/h3-4,6-11H,1-2H3. The van der Waals surface area contributed by atoms with Crippen molar-refractivity contribution >= 4 is 10.0 Å². The molecular formula is C14H14NO2S. The van der Waals surface area contributed by atoms with Crippen LogP contribution in [0.2, 0.25) is 0 Å². The van der Waals surface area contributed by atoms with Gasteiger partial charge in [-0.25, -0.2) is 12.7 Å². The van der Waals surface area contributed by atoms with Gasteiger partial charge in [-0.3, -0.25) is 0 Å². The summed E-state index contributed by atoms with van der Waals surface area (Å²) in [5.74, 6) is 0. The quantitative estimate of drug-likeness (QED) is 0.850. The Morgan fingerprint density at radius 2 is 1.78 bits per heavy atom. The molecule has 2 aromatic carbocycles. The lowest BCUT2D eigenvalue weighted by atomic mass is 10.1. The Balaban J connectivity index is 2.50. The maximum atomic E-state index is 12.0. The van der Waals surface area contributed by atoms with Gasteiger partial charge in [0.2, 0.25) is 10.0 Å². The smallest absolute Gasteiger partial charge is 0.207 e. The van der Waals surface area contributed by atoms with Gasteiger partial charge in [0, 0.05) is 14.1 Å². The molecule has 0 atom stereocenters. The normalized spacial score (nSPS) is 11.7. The van der Waals surface area contributed by atoms with Gasteiger partial charge in [-0.1, -0.05) is 30.3 Å². The van der Waals surface area contributed by atoms with Gasteiger partial charge < -0.3 is 0 Å². The Morgan fingerprint density at radius 1 is 1.06 bits per heavy atom. The third-order valence-corrected chi connectivity index (χ3v) is 4.46. The van der Waals surface area contributed by atoms with Crippen molar-refractivity contribution in [3.05, 3.63) is 54.6 Å². The zero-order chi connectivity index (χ0) is 13.2. The number of hydrogen-bond acceptors (Lipinski definition) is 2. The largest absolute Gasteiger partial charge is 0.242 e. The van der Waals surface area contributed by atoms with Crippen LogP contribution in [-0.2, 0) is 10.0 Å². The summed E-state index contributed by atoms with van der Waals surface area (Å²) in [4.78, 5) is 0.300. The molecule has 0 N–H and O–H groups in total. The van der Waals surface area contributed by atoms with Gasteiger partial charge in [0.05, 0.1) is 4.90 Å². The van der Waals surface area contributed by atoms with E-state index < -0.39 is 10.0 Å². The van der Waals surface area contributed by atoms with Crippen LogP contribution in [0.15, 0.2) is 53.4 Å². The predicted octanol–water partition coefficient (Wildman–Crippen LogP) is 2.40. The summed E-state index contributed by atoms with van der Waals surface area (Å²) >= 11 is 0. The summed E-state index contributed by atoms with van der Waals surface area (Å²) in [5, 5.41) is 0. The van der Waals surface area contributed by atoms with Crippen LogP contribution in [0.25, 0.3) is 11.1 Å². The molecule has 0 heterocycles. The van der Waals surface area contributed by atoms with Crippen molar-refractivity contribution in [3.63, 3.8) is 0 Å². The van der Waals surface area contributed by atoms with Crippen LogP contribution in [0.5, 0.6) is 0 Å². The first-order chi connectivity index (χ1) is 8.51. The minimum atomic E-state index is -3.38. The maximum Gasteiger partial charge on any atom is 0.242 e. The Bertz CT molecular complexity index is 634. The molecule has 3 nitrogen and oxygen atoms in total. The summed E-state index contributed by atoms with van der Waals surface area (Å²) in [6.45, 7) is 0. The minimum Gasteiger partial charge on any atom is -0.207 e. The molecule has 4 heteroatoms. The first-order valence-electron chi connectivity index (χ1n) is 5.51. The minimum absolute atomic E-state index is 0.300. The zero-order valence-electron chi connectivity index (χ0n) is 10.3. The van der Waals surface area contributed by atoms with Gasteiger partial charge in [0.15, 0.2) is 0 Å². The molecule has 0 aliphatic heterocycles. The lowest BCUT2D eigenvalue weighted by Crippen LogP contribution is -2.22. The molecule has 1 radical (unpaired) electrons. The van der Waals surface area contributed by atoms with E-state index >= 15 is 0 Å². The van der Waals surface area contributed by atoms with Crippen LogP contribution >= 0.6 is 0 Å². The Hall–Kier alpha value is -1.65.